The molecule has 0 aliphatic heterocycles. The van der Waals surface area contributed by atoms with Crippen molar-refractivity contribution in [3.63, 3.8) is 0 Å². The molecule has 4 nitrogen and oxygen atoms in total. The maximum atomic E-state index is 5.84. The first-order chi connectivity index (χ1) is 10.1. The van der Waals surface area contributed by atoms with Gasteiger partial charge in [-0.05, 0) is 54.6 Å². The summed E-state index contributed by atoms with van der Waals surface area (Å²) in [6.07, 6.45) is 8.44. The molecule has 0 radical (unpaired) electrons. The van der Waals surface area contributed by atoms with Gasteiger partial charge in [-0.2, -0.15) is 0 Å². The normalized spacial score (nSPS) is 15.0. The summed E-state index contributed by atoms with van der Waals surface area (Å²) in [5.74, 6) is 1.23. The lowest BCUT2D eigenvalue weighted by Crippen LogP contribution is -2.14. The molecule has 0 saturated carbocycles. The van der Waals surface area contributed by atoms with Crippen LogP contribution in [0, 0.1) is 12.8 Å². The predicted octanol–water partition coefficient (Wildman–Crippen LogP) is 4.11. The molecule has 1 aliphatic rings. The third-order valence-electron chi connectivity index (χ3n) is 3.56. The number of pyridine rings is 1. The maximum Gasteiger partial charge on any atom is 0.228 e. The molecule has 0 N–H and O–H groups in total. The minimum atomic E-state index is 0.579. The van der Waals surface area contributed by atoms with Gasteiger partial charge in [0.1, 0.15) is 0 Å². The van der Waals surface area contributed by atoms with Gasteiger partial charge in [0.2, 0.25) is 5.88 Å². The molecule has 5 heteroatoms. The summed E-state index contributed by atoms with van der Waals surface area (Å²) < 4.78 is 6.70. The number of hydrogen-bond donors (Lipinski definition) is 0. The molecule has 0 amide bonds. The van der Waals surface area contributed by atoms with Crippen molar-refractivity contribution in [1.82, 2.24) is 9.88 Å². The van der Waals surface area contributed by atoms with E-state index >= 15 is 0 Å². The minimum absolute atomic E-state index is 0.579. The average Bonchev–Trinajstić information content (AvgIpc) is 2.99. The average molecular weight is 352 g/mol. The van der Waals surface area contributed by atoms with Crippen LogP contribution in [0.25, 0.3) is 0 Å². The van der Waals surface area contributed by atoms with Crippen molar-refractivity contribution >= 4 is 28.0 Å². The first-order valence-electron chi connectivity index (χ1n) is 7.29. The zero-order valence-corrected chi connectivity index (χ0v) is 14.4. The van der Waals surface area contributed by atoms with Gasteiger partial charge >= 0.3 is 0 Å². The second-order valence-electron chi connectivity index (χ2n) is 5.32. The van der Waals surface area contributed by atoms with Crippen LogP contribution in [0.1, 0.15) is 25.5 Å². The van der Waals surface area contributed by atoms with Crippen LogP contribution in [0.15, 0.2) is 27.7 Å². The van der Waals surface area contributed by atoms with Crippen LogP contribution in [-0.2, 0) is 0 Å². The van der Waals surface area contributed by atoms with E-state index in [-0.39, 0.29) is 0 Å². The SMILES string of the molecule is CCN(C)C=Nc1cc(Br)c(OCC2CC=CC2)nc1C. The molecule has 1 aliphatic carbocycles. The van der Waals surface area contributed by atoms with Gasteiger partial charge in [-0.1, -0.05) is 12.2 Å². The summed E-state index contributed by atoms with van der Waals surface area (Å²) in [5, 5.41) is 0. The Morgan fingerprint density at radius 1 is 1.48 bits per heavy atom. The van der Waals surface area contributed by atoms with Crippen molar-refractivity contribution in [2.45, 2.75) is 26.7 Å². The lowest BCUT2D eigenvalue weighted by Gasteiger charge is -2.13. The smallest absolute Gasteiger partial charge is 0.228 e. The Morgan fingerprint density at radius 3 is 2.86 bits per heavy atom. The number of rotatable bonds is 6. The van der Waals surface area contributed by atoms with Gasteiger partial charge in [-0.15, -0.1) is 0 Å². The van der Waals surface area contributed by atoms with Gasteiger partial charge in [0.15, 0.2) is 0 Å². The van der Waals surface area contributed by atoms with Crippen molar-refractivity contribution in [2.75, 3.05) is 20.2 Å². The van der Waals surface area contributed by atoms with E-state index in [2.05, 4.69) is 45.0 Å². The number of allylic oxidation sites excluding steroid dienone is 2. The van der Waals surface area contributed by atoms with Gasteiger partial charge in [-0.25, -0.2) is 9.98 Å². The highest BCUT2D eigenvalue weighted by Gasteiger charge is 2.13. The van der Waals surface area contributed by atoms with E-state index in [0.717, 1.165) is 35.2 Å². The lowest BCUT2D eigenvalue weighted by atomic mass is 10.1. The minimum Gasteiger partial charge on any atom is -0.477 e. The number of ether oxygens (including phenoxy) is 1. The molecule has 0 atom stereocenters. The molecular formula is C16H22BrN3O. The Kier molecular flexibility index (Phi) is 5.79. The van der Waals surface area contributed by atoms with Crippen molar-refractivity contribution < 1.29 is 4.74 Å². The van der Waals surface area contributed by atoms with E-state index in [0.29, 0.717) is 18.4 Å². The molecule has 1 aromatic rings. The van der Waals surface area contributed by atoms with Gasteiger partial charge in [0, 0.05) is 13.6 Å². The fourth-order valence-corrected chi connectivity index (χ4v) is 2.45. The Hall–Kier alpha value is -1.36. The number of aromatic nitrogens is 1. The molecule has 2 rings (SSSR count). The van der Waals surface area contributed by atoms with E-state index in [1.54, 1.807) is 0 Å². The molecule has 0 aromatic carbocycles. The fourth-order valence-electron chi connectivity index (χ4n) is 2.03. The van der Waals surface area contributed by atoms with E-state index in [1.165, 1.54) is 0 Å². The second kappa shape index (κ2) is 7.59. The Balaban J connectivity index is 2.03. The van der Waals surface area contributed by atoms with Crippen LogP contribution in [0.5, 0.6) is 5.88 Å². The maximum absolute atomic E-state index is 5.84. The second-order valence-corrected chi connectivity index (χ2v) is 6.17. The number of nitrogens with zero attached hydrogens (tertiary/aromatic N) is 3. The summed E-state index contributed by atoms with van der Waals surface area (Å²) in [6, 6.07) is 1.96. The molecular weight excluding hydrogens is 330 g/mol. The summed E-state index contributed by atoms with van der Waals surface area (Å²) in [6.45, 7) is 5.67. The standard InChI is InChI=1S/C16H22BrN3O/c1-4-20(3)11-18-15-9-14(17)16(19-12(15)2)21-10-13-7-5-6-8-13/h5-6,9,11,13H,4,7-8,10H2,1-3H3. The van der Waals surface area contributed by atoms with Crippen LogP contribution < -0.4 is 4.74 Å². The Bertz CT molecular complexity index is 535. The van der Waals surface area contributed by atoms with Crippen molar-refractivity contribution in [3.05, 3.63) is 28.4 Å². The zero-order chi connectivity index (χ0) is 15.2. The van der Waals surface area contributed by atoms with Gasteiger partial charge < -0.3 is 9.64 Å². The van der Waals surface area contributed by atoms with Crippen LogP contribution in [-0.4, -0.2) is 36.4 Å². The largest absolute Gasteiger partial charge is 0.477 e. The van der Waals surface area contributed by atoms with E-state index in [1.807, 2.05) is 31.3 Å². The van der Waals surface area contributed by atoms with E-state index < -0.39 is 0 Å². The topological polar surface area (TPSA) is 37.7 Å². The van der Waals surface area contributed by atoms with Crippen LogP contribution in [0.4, 0.5) is 5.69 Å². The Labute approximate surface area is 135 Å². The molecule has 21 heavy (non-hydrogen) atoms. The van der Waals surface area contributed by atoms with E-state index in [9.17, 15) is 0 Å². The van der Waals surface area contributed by atoms with Crippen LogP contribution in [0.3, 0.4) is 0 Å². The van der Waals surface area contributed by atoms with Crippen molar-refractivity contribution in [1.29, 1.82) is 0 Å². The third-order valence-corrected chi connectivity index (χ3v) is 4.13. The van der Waals surface area contributed by atoms with Crippen LogP contribution in [0.2, 0.25) is 0 Å². The highest BCUT2D eigenvalue weighted by atomic mass is 79.9. The molecule has 0 saturated heterocycles. The number of halogens is 1. The first kappa shape index (κ1) is 16.0. The first-order valence-corrected chi connectivity index (χ1v) is 8.08. The summed E-state index contributed by atoms with van der Waals surface area (Å²) in [7, 11) is 1.99. The van der Waals surface area contributed by atoms with Gasteiger partial charge in [0.05, 0.1) is 28.8 Å². The molecule has 0 fully saturated rings. The molecule has 0 bridgehead atoms. The van der Waals surface area contributed by atoms with Crippen molar-refractivity contribution in [3.8, 4) is 5.88 Å². The Morgan fingerprint density at radius 2 is 2.19 bits per heavy atom. The highest BCUT2D eigenvalue weighted by molar-refractivity contribution is 9.10. The fraction of sp³-hybridized carbons (Fsp3) is 0.500. The summed E-state index contributed by atoms with van der Waals surface area (Å²) in [5.41, 5.74) is 1.73. The molecule has 0 unspecified atom stereocenters. The molecule has 114 valence electrons. The quantitative estimate of drug-likeness (QED) is 0.439. The van der Waals surface area contributed by atoms with Gasteiger partial charge in [-0.3, -0.25) is 0 Å². The number of aryl methyl sites for hydroxylation is 1. The summed E-state index contributed by atoms with van der Waals surface area (Å²) >= 11 is 3.52. The predicted molar refractivity (Wildman–Crippen MR) is 90.5 cm³/mol. The van der Waals surface area contributed by atoms with Crippen molar-refractivity contribution in [2.24, 2.45) is 10.9 Å². The molecule has 0 spiro atoms. The lowest BCUT2D eigenvalue weighted by molar-refractivity contribution is 0.245. The number of hydrogen-bond acceptors (Lipinski definition) is 3. The monoisotopic (exact) mass is 351 g/mol. The van der Waals surface area contributed by atoms with Gasteiger partial charge in [0.25, 0.3) is 0 Å². The third kappa shape index (κ3) is 4.56. The van der Waals surface area contributed by atoms with E-state index in [4.69, 9.17) is 4.74 Å². The number of aliphatic imine (C=N–C) groups is 1. The van der Waals surface area contributed by atoms with Crippen LogP contribution >= 0.6 is 15.9 Å². The highest BCUT2D eigenvalue weighted by Crippen LogP contribution is 2.30. The molecule has 1 heterocycles. The summed E-state index contributed by atoms with van der Waals surface area (Å²) in [4.78, 5) is 11.0. The zero-order valence-electron chi connectivity index (χ0n) is 12.8. The molecule has 1 aromatic heterocycles.